The van der Waals surface area contributed by atoms with Gasteiger partial charge in [0, 0.05) is 12.1 Å². The van der Waals surface area contributed by atoms with E-state index >= 15 is 0 Å². The minimum absolute atomic E-state index is 0.103. The van der Waals surface area contributed by atoms with Gasteiger partial charge in [-0.2, -0.15) is 0 Å². The van der Waals surface area contributed by atoms with E-state index in [-0.39, 0.29) is 35.5 Å². The van der Waals surface area contributed by atoms with Crippen LogP contribution in [0.2, 0.25) is 0 Å². The Kier molecular flexibility index (Phi) is 6.09. The molecule has 0 unspecified atom stereocenters. The number of likely N-dealkylation sites (tertiary alicyclic amines) is 1. The third kappa shape index (κ3) is 4.18. The molecular formula is C27H29N3O4. The molecule has 2 N–H and O–H groups in total. The Hall–Kier alpha value is -3.61. The maximum Gasteiger partial charge on any atom is 0.320 e. The van der Waals surface area contributed by atoms with E-state index in [1.807, 2.05) is 37.3 Å². The minimum Gasteiger partial charge on any atom is -0.494 e. The summed E-state index contributed by atoms with van der Waals surface area (Å²) >= 11 is 0. The van der Waals surface area contributed by atoms with Crippen LogP contribution in [0.1, 0.15) is 25.3 Å². The molecule has 1 heterocycles. The van der Waals surface area contributed by atoms with Crippen molar-refractivity contribution in [3.8, 4) is 5.75 Å². The Morgan fingerprint density at radius 1 is 0.971 bits per heavy atom. The maximum atomic E-state index is 13.5. The summed E-state index contributed by atoms with van der Waals surface area (Å²) < 4.78 is 5.44. The molecule has 7 heteroatoms. The number of nitrogens with zero attached hydrogens (tertiary/aromatic N) is 1. The molecule has 0 radical (unpaired) electrons. The van der Waals surface area contributed by atoms with Gasteiger partial charge in [0.1, 0.15) is 11.9 Å². The molecule has 2 aromatic rings. The second-order valence-corrected chi connectivity index (χ2v) is 9.15. The van der Waals surface area contributed by atoms with E-state index < -0.39 is 12.2 Å². The average Bonchev–Trinajstić information content (AvgIpc) is 3.14. The highest BCUT2D eigenvalue weighted by Crippen LogP contribution is 2.50. The highest BCUT2D eigenvalue weighted by Gasteiger charge is 2.58. The first-order chi connectivity index (χ1) is 16.5. The Bertz CT molecular complexity index is 1070. The molecule has 1 saturated carbocycles. The Labute approximate surface area is 199 Å². The van der Waals surface area contributed by atoms with Crippen LogP contribution in [0, 0.1) is 23.7 Å². The SMILES string of the molecule is CCOc1ccc(NC(=O)N[C@H](Cc2ccccc2)N2C(=O)[C@@H]3[C@H](C2=O)[C@H]2C=C[C@H]3CC2)cc1. The van der Waals surface area contributed by atoms with Gasteiger partial charge in [-0.1, -0.05) is 42.5 Å². The lowest BCUT2D eigenvalue weighted by atomic mass is 9.63. The lowest BCUT2D eigenvalue weighted by Gasteiger charge is -2.38. The van der Waals surface area contributed by atoms with Crippen molar-refractivity contribution in [1.82, 2.24) is 10.2 Å². The number of carbonyl (C=O) groups excluding carboxylic acids is 3. The van der Waals surface area contributed by atoms with Crippen molar-refractivity contribution >= 4 is 23.5 Å². The van der Waals surface area contributed by atoms with Crippen LogP contribution in [-0.4, -0.2) is 35.5 Å². The Morgan fingerprint density at radius 2 is 1.59 bits per heavy atom. The molecule has 1 aliphatic heterocycles. The minimum atomic E-state index is -0.768. The van der Waals surface area contributed by atoms with E-state index in [1.54, 1.807) is 24.3 Å². The largest absolute Gasteiger partial charge is 0.494 e. The smallest absolute Gasteiger partial charge is 0.320 e. The van der Waals surface area contributed by atoms with Crippen LogP contribution in [0.5, 0.6) is 5.75 Å². The number of ether oxygens (including phenoxy) is 1. The fourth-order valence-electron chi connectivity index (χ4n) is 5.57. The lowest BCUT2D eigenvalue weighted by molar-refractivity contribution is -0.143. The molecule has 4 amide bonds. The molecule has 3 aliphatic carbocycles. The molecule has 176 valence electrons. The van der Waals surface area contributed by atoms with Crippen LogP contribution in [0.3, 0.4) is 0 Å². The normalized spacial score (nSPS) is 25.7. The molecule has 5 atom stereocenters. The van der Waals surface area contributed by atoms with Crippen LogP contribution in [0.25, 0.3) is 0 Å². The van der Waals surface area contributed by atoms with Crippen molar-refractivity contribution < 1.29 is 19.1 Å². The number of nitrogens with one attached hydrogen (secondary N) is 2. The summed E-state index contributed by atoms with van der Waals surface area (Å²) in [6.45, 7) is 2.47. The number of hydrogen-bond acceptors (Lipinski definition) is 4. The summed E-state index contributed by atoms with van der Waals surface area (Å²) in [7, 11) is 0. The number of fused-ring (bicyclic) bond motifs is 1. The average molecular weight is 460 g/mol. The van der Waals surface area contributed by atoms with Gasteiger partial charge in [0.15, 0.2) is 0 Å². The molecule has 1 saturated heterocycles. The summed E-state index contributed by atoms with van der Waals surface area (Å²) in [6.07, 6.45) is 5.64. The van der Waals surface area contributed by atoms with E-state index in [9.17, 15) is 14.4 Å². The van der Waals surface area contributed by atoms with E-state index in [1.165, 1.54) is 4.90 Å². The molecule has 2 bridgehead atoms. The van der Waals surface area contributed by atoms with Crippen molar-refractivity contribution in [2.75, 3.05) is 11.9 Å². The first kappa shape index (κ1) is 22.2. The predicted octanol–water partition coefficient (Wildman–Crippen LogP) is 3.97. The zero-order valence-corrected chi connectivity index (χ0v) is 19.1. The molecule has 34 heavy (non-hydrogen) atoms. The standard InChI is InChI=1S/C27H29N3O4/c1-2-34-21-14-12-20(13-15-21)28-27(33)29-22(16-17-6-4-3-5-7-17)30-25(31)23-18-8-9-19(11-10-18)24(23)26(30)32/h3-9,12-15,18-19,22-24H,2,10-11,16H2,1H3,(H2,28,29,33)/t18-,19-,22-,23-,24+/m0/s1. The highest BCUT2D eigenvalue weighted by molar-refractivity contribution is 6.06. The molecule has 6 rings (SSSR count). The van der Waals surface area contributed by atoms with Gasteiger partial charge in [-0.05, 0) is 61.4 Å². The number of urea groups is 1. The third-order valence-electron chi connectivity index (χ3n) is 7.10. The van der Waals surface area contributed by atoms with Gasteiger partial charge in [0.05, 0.1) is 18.4 Å². The first-order valence-corrected chi connectivity index (χ1v) is 11.9. The summed E-state index contributed by atoms with van der Waals surface area (Å²) in [5.74, 6) is -0.0452. The number of rotatable bonds is 7. The molecular weight excluding hydrogens is 430 g/mol. The summed E-state index contributed by atoms with van der Waals surface area (Å²) in [5, 5.41) is 5.70. The number of hydrogen-bond donors (Lipinski definition) is 2. The molecule has 4 aliphatic rings. The molecule has 7 nitrogen and oxygen atoms in total. The van der Waals surface area contributed by atoms with Crippen molar-refractivity contribution in [3.63, 3.8) is 0 Å². The van der Waals surface area contributed by atoms with Gasteiger partial charge in [0.2, 0.25) is 11.8 Å². The number of amides is 4. The van der Waals surface area contributed by atoms with Crippen molar-refractivity contribution in [2.45, 2.75) is 32.4 Å². The van der Waals surface area contributed by atoms with Gasteiger partial charge in [-0.3, -0.25) is 14.5 Å². The third-order valence-corrected chi connectivity index (χ3v) is 7.10. The van der Waals surface area contributed by atoms with Crippen LogP contribution in [-0.2, 0) is 16.0 Å². The number of anilines is 1. The van der Waals surface area contributed by atoms with Gasteiger partial charge in [-0.25, -0.2) is 4.79 Å². The lowest BCUT2D eigenvalue weighted by Crippen LogP contribution is -2.53. The summed E-state index contributed by atoms with van der Waals surface area (Å²) in [5.41, 5.74) is 1.53. The Balaban J connectivity index is 1.36. The van der Waals surface area contributed by atoms with Gasteiger partial charge >= 0.3 is 6.03 Å². The topological polar surface area (TPSA) is 87.7 Å². The van der Waals surface area contributed by atoms with Crippen molar-refractivity contribution in [2.24, 2.45) is 23.7 Å². The zero-order valence-electron chi connectivity index (χ0n) is 19.1. The monoisotopic (exact) mass is 459 g/mol. The quantitative estimate of drug-likeness (QED) is 0.484. The summed E-state index contributed by atoms with van der Waals surface area (Å²) in [4.78, 5) is 41.2. The fraction of sp³-hybridized carbons (Fsp3) is 0.370. The van der Waals surface area contributed by atoms with Gasteiger partial charge in [0.25, 0.3) is 0 Å². The van der Waals surface area contributed by atoms with Crippen LogP contribution >= 0.6 is 0 Å². The number of allylic oxidation sites excluding steroid dienone is 2. The number of benzene rings is 2. The molecule has 2 aromatic carbocycles. The first-order valence-electron chi connectivity index (χ1n) is 11.9. The van der Waals surface area contributed by atoms with E-state index in [0.717, 1.165) is 24.2 Å². The highest BCUT2D eigenvalue weighted by atomic mass is 16.5. The second-order valence-electron chi connectivity index (χ2n) is 9.15. The van der Waals surface area contributed by atoms with Gasteiger partial charge in [-0.15, -0.1) is 0 Å². The van der Waals surface area contributed by atoms with Crippen LogP contribution < -0.4 is 15.4 Å². The van der Waals surface area contributed by atoms with E-state index in [0.29, 0.717) is 18.7 Å². The van der Waals surface area contributed by atoms with Crippen molar-refractivity contribution in [3.05, 3.63) is 72.3 Å². The van der Waals surface area contributed by atoms with Gasteiger partial charge < -0.3 is 15.4 Å². The molecule has 0 spiro atoms. The van der Waals surface area contributed by atoms with Crippen LogP contribution in [0.15, 0.2) is 66.7 Å². The number of carbonyl (C=O) groups is 3. The Morgan fingerprint density at radius 3 is 2.15 bits per heavy atom. The predicted molar refractivity (Wildman–Crippen MR) is 128 cm³/mol. The molecule has 2 fully saturated rings. The summed E-state index contributed by atoms with van der Waals surface area (Å²) in [6, 6.07) is 16.2. The van der Waals surface area contributed by atoms with Crippen molar-refractivity contribution in [1.29, 1.82) is 0 Å². The molecule has 0 aromatic heterocycles. The number of imide groups is 1. The van der Waals surface area contributed by atoms with Crippen LogP contribution in [0.4, 0.5) is 10.5 Å². The fourth-order valence-corrected chi connectivity index (χ4v) is 5.57. The zero-order chi connectivity index (χ0) is 23.7. The van der Waals surface area contributed by atoms with E-state index in [2.05, 4.69) is 22.8 Å². The maximum absolute atomic E-state index is 13.5. The second kappa shape index (κ2) is 9.33. The van der Waals surface area contributed by atoms with E-state index in [4.69, 9.17) is 4.74 Å².